The number of carboxylic acids is 1. The van der Waals surface area contributed by atoms with Gasteiger partial charge in [-0.2, -0.15) is 0 Å². The quantitative estimate of drug-likeness (QED) is 0.704. The van der Waals surface area contributed by atoms with E-state index in [-0.39, 0.29) is 0 Å². The smallest absolute Gasteiger partial charge is 0.332 e. The number of carbonyl (C=O) groups excluding carboxylic acids is 1. The number of nitrogens with one attached hydrogen (secondary N) is 1. The normalized spacial score (nSPS) is 9.88. The van der Waals surface area contributed by atoms with Crippen molar-refractivity contribution >= 4 is 11.9 Å². The first kappa shape index (κ1) is 20.2. The van der Waals surface area contributed by atoms with Gasteiger partial charge >= 0.3 is 11.9 Å². The third-order valence-corrected chi connectivity index (χ3v) is 0.781. The minimum Gasteiger partial charge on any atom is -0.479 e. The zero-order valence-electron chi connectivity index (χ0n) is 10.2. The highest BCUT2D eigenvalue weighted by atomic mass is 19.1. The molecule has 6 nitrogen and oxygen atoms in total. The summed E-state index contributed by atoms with van der Waals surface area (Å²) in [6, 6.07) is 0. The fourth-order valence-corrected chi connectivity index (χ4v) is 0.322. The number of carbonyl (C=O) groups is 2. The van der Waals surface area contributed by atoms with Crippen LogP contribution in [0.25, 0.3) is 0 Å². The summed E-state index contributed by atoms with van der Waals surface area (Å²) in [5.41, 5.74) is 1.54. The lowest BCUT2D eigenvalue weighted by Gasteiger charge is -2.05. The van der Waals surface area contributed by atoms with E-state index in [9.17, 15) is 14.0 Å². The van der Waals surface area contributed by atoms with Crippen molar-refractivity contribution in [3.63, 3.8) is 0 Å². The van der Waals surface area contributed by atoms with E-state index < -0.39 is 24.8 Å². The fourth-order valence-electron chi connectivity index (χ4n) is 0.322. The largest absolute Gasteiger partial charge is 0.479 e. The molecule has 0 rings (SSSR count). The molecule has 1 amide bonds. The Labute approximate surface area is 94.7 Å². The number of methoxy groups -OCH3 is 1. The van der Waals surface area contributed by atoms with Crippen molar-refractivity contribution in [3.05, 3.63) is 0 Å². The van der Waals surface area contributed by atoms with Crippen LogP contribution in [0.15, 0.2) is 0 Å². The predicted octanol–water partition coefficient (Wildman–Crippen LogP) is 1.11. The molecule has 0 aromatic heterocycles. The third-order valence-electron chi connectivity index (χ3n) is 0.781. The average Bonchev–Trinajstić information content (AvgIpc) is 2.32. The highest BCUT2D eigenvalue weighted by Crippen LogP contribution is 1.89. The van der Waals surface area contributed by atoms with Crippen molar-refractivity contribution in [1.82, 2.24) is 5.48 Å². The molecule has 1 unspecified atom stereocenters. The zero-order valence-corrected chi connectivity index (χ0v) is 10.2. The van der Waals surface area contributed by atoms with E-state index in [2.05, 4.69) is 9.57 Å². The third kappa shape index (κ3) is 15.3. The van der Waals surface area contributed by atoms with Gasteiger partial charge < -0.3 is 9.84 Å². The lowest BCUT2D eigenvalue weighted by Crippen LogP contribution is -2.34. The van der Waals surface area contributed by atoms with Crippen LogP contribution in [0.2, 0.25) is 0 Å². The second-order valence-corrected chi connectivity index (χ2v) is 1.70. The number of alkyl halides is 1. The maximum absolute atomic E-state index is 12.2. The van der Waals surface area contributed by atoms with Crippen LogP contribution in [0, 0.1) is 0 Å². The Kier molecular flexibility index (Phi) is 20.5. The summed E-state index contributed by atoms with van der Waals surface area (Å²) in [5, 5.41) is 8.02. The highest BCUT2D eigenvalue weighted by molar-refractivity contribution is 5.78. The Morgan fingerprint density at radius 2 is 1.75 bits per heavy atom. The van der Waals surface area contributed by atoms with Crippen molar-refractivity contribution < 1.29 is 28.7 Å². The molecule has 1 atom stereocenters. The predicted molar refractivity (Wildman–Crippen MR) is 56.3 cm³/mol. The van der Waals surface area contributed by atoms with E-state index >= 15 is 0 Å². The molecule has 7 heteroatoms. The zero-order chi connectivity index (χ0) is 13.6. The number of rotatable bonds is 5. The number of amides is 1. The SMILES string of the molecule is CC.CC.COC(F)C(=O)NOCC(=O)O. The second-order valence-electron chi connectivity index (χ2n) is 1.70. The summed E-state index contributed by atoms with van der Waals surface area (Å²) >= 11 is 0. The van der Waals surface area contributed by atoms with Crippen LogP contribution in [-0.4, -0.2) is 37.1 Å². The van der Waals surface area contributed by atoms with Crippen molar-refractivity contribution in [2.24, 2.45) is 0 Å². The van der Waals surface area contributed by atoms with E-state index in [0.29, 0.717) is 0 Å². The molecular weight excluding hydrogens is 221 g/mol. The minimum absolute atomic E-state index is 0.734. The van der Waals surface area contributed by atoms with Gasteiger partial charge in [0.2, 0.25) is 0 Å². The molecule has 0 aromatic carbocycles. The van der Waals surface area contributed by atoms with E-state index in [4.69, 9.17) is 5.11 Å². The average molecular weight is 241 g/mol. The molecule has 2 N–H and O–H groups in total. The van der Waals surface area contributed by atoms with Gasteiger partial charge in [0.1, 0.15) is 0 Å². The molecule has 0 aliphatic carbocycles. The maximum Gasteiger partial charge on any atom is 0.332 e. The Morgan fingerprint density at radius 3 is 2.06 bits per heavy atom. The molecule has 0 saturated carbocycles. The Morgan fingerprint density at radius 1 is 1.31 bits per heavy atom. The number of ether oxygens (including phenoxy) is 1. The molecule has 0 radical (unpaired) electrons. The highest BCUT2D eigenvalue weighted by Gasteiger charge is 2.15. The molecule has 0 aliphatic rings. The van der Waals surface area contributed by atoms with Crippen LogP contribution >= 0.6 is 0 Å². The van der Waals surface area contributed by atoms with Gasteiger partial charge in [-0.15, -0.1) is 0 Å². The van der Waals surface area contributed by atoms with Gasteiger partial charge in [0.15, 0.2) is 6.61 Å². The van der Waals surface area contributed by atoms with Crippen LogP contribution in [0.3, 0.4) is 0 Å². The standard InChI is InChI=1S/C5H8FNO5.2C2H6/c1-11-4(6)5(10)7-12-2-3(8)9;2*1-2/h4H,2H2,1H3,(H,7,10)(H,8,9);2*1-2H3. The van der Waals surface area contributed by atoms with Gasteiger partial charge in [-0.25, -0.2) is 14.7 Å². The van der Waals surface area contributed by atoms with Gasteiger partial charge in [0.25, 0.3) is 6.36 Å². The number of hydrogen-bond donors (Lipinski definition) is 2. The van der Waals surface area contributed by atoms with E-state index in [1.807, 2.05) is 27.7 Å². The van der Waals surface area contributed by atoms with Crippen LogP contribution in [-0.2, 0) is 19.2 Å². The molecule has 0 aliphatic heterocycles. The van der Waals surface area contributed by atoms with Crippen molar-refractivity contribution in [3.8, 4) is 0 Å². The van der Waals surface area contributed by atoms with Crippen LogP contribution in [0.5, 0.6) is 0 Å². The van der Waals surface area contributed by atoms with E-state index in [0.717, 1.165) is 7.11 Å². The first-order chi connectivity index (χ1) is 7.57. The number of halogens is 1. The summed E-state index contributed by atoms with van der Waals surface area (Å²) in [5.74, 6) is -2.46. The molecule has 0 aromatic rings. The van der Waals surface area contributed by atoms with Gasteiger partial charge in [0, 0.05) is 7.11 Å². The molecule has 0 fully saturated rings. The number of hydrogen-bond acceptors (Lipinski definition) is 4. The monoisotopic (exact) mass is 241 g/mol. The Bertz CT molecular complexity index is 177. The molecule has 0 bridgehead atoms. The lowest BCUT2D eigenvalue weighted by molar-refractivity contribution is -0.159. The minimum atomic E-state index is -2.15. The van der Waals surface area contributed by atoms with Crippen molar-refractivity contribution in [2.75, 3.05) is 13.7 Å². The van der Waals surface area contributed by atoms with Crippen LogP contribution < -0.4 is 5.48 Å². The lowest BCUT2D eigenvalue weighted by atomic mass is 10.6. The molecule has 16 heavy (non-hydrogen) atoms. The summed E-state index contributed by atoms with van der Waals surface area (Å²) < 4.78 is 16.2. The molecule has 98 valence electrons. The first-order valence-electron chi connectivity index (χ1n) is 4.88. The fraction of sp³-hybridized carbons (Fsp3) is 0.778. The Balaban J connectivity index is -0.000000376. The van der Waals surface area contributed by atoms with Crippen molar-refractivity contribution in [2.45, 2.75) is 34.1 Å². The Hall–Kier alpha value is -1.21. The van der Waals surface area contributed by atoms with Gasteiger partial charge in [0.05, 0.1) is 0 Å². The topological polar surface area (TPSA) is 84.9 Å². The summed E-state index contributed by atoms with van der Waals surface area (Å²) in [4.78, 5) is 24.3. The molecule has 0 spiro atoms. The van der Waals surface area contributed by atoms with Gasteiger partial charge in [-0.1, -0.05) is 27.7 Å². The number of hydroxylamine groups is 1. The maximum atomic E-state index is 12.2. The number of aliphatic carboxylic acids is 1. The van der Waals surface area contributed by atoms with Crippen LogP contribution in [0.1, 0.15) is 27.7 Å². The number of carboxylic acid groups (broad SMARTS) is 1. The van der Waals surface area contributed by atoms with E-state index in [1.54, 1.807) is 5.48 Å². The molecule has 0 heterocycles. The summed E-state index contributed by atoms with van der Waals surface area (Å²) in [6.07, 6.45) is -2.15. The van der Waals surface area contributed by atoms with Gasteiger partial charge in [-0.05, 0) is 0 Å². The van der Waals surface area contributed by atoms with Gasteiger partial charge in [-0.3, -0.25) is 9.63 Å². The van der Waals surface area contributed by atoms with E-state index in [1.165, 1.54) is 0 Å². The van der Waals surface area contributed by atoms with Crippen LogP contribution in [0.4, 0.5) is 4.39 Å². The summed E-state index contributed by atoms with van der Waals surface area (Å²) in [6.45, 7) is 7.27. The molecular formula is C9H20FNO5. The summed E-state index contributed by atoms with van der Waals surface area (Å²) in [7, 11) is 0.988. The van der Waals surface area contributed by atoms with Crippen molar-refractivity contribution in [1.29, 1.82) is 0 Å². The molecule has 0 saturated heterocycles. The first-order valence-corrected chi connectivity index (χ1v) is 4.88. The second kappa shape index (κ2) is 16.2.